The number of ether oxygens (including phenoxy) is 3. The van der Waals surface area contributed by atoms with Crippen molar-refractivity contribution in [2.75, 3.05) is 50.5 Å². The van der Waals surface area contributed by atoms with Gasteiger partial charge >= 0.3 is 5.97 Å². The van der Waals surface area contributed by atoms with Gasteiger partial charge in [0, 0.05) is 54.1 Å². The number of aromatic nitrogens is 1. The molecule has 0 atom stereocenters. The molecule has 0 radical (unpaired) electrons. The topological polar surface area (TPSA) is 136 Å². The number of nitrogens with one attached hydrogen (secondary N) is 1. The average Bonchev–Trinajstić information content (AvgIpc) is 3.38. The van der Waals surface area contributed by atoms with Crippen LogP contribution in [0.5, 0.6) is 11.5 Å². The number of nitrogens with zero attached hydrogens (tertiary/aromatic N) is 2. The van der Waals surface area contributed by atoms with E-state index in [9.17, 15) is 14.7 Å². The second-order valence-electron chi connectivity index (χ2n) is 8.93. The van der Waals surface area contributed by atoms with E-state index in [-0.39, 0.29) is 23.9 Å². The highest BCUT2D eigenvalue weighted by Crippen LogP contribution is 2.33. The summed E-state index contributed by atoms with van der Waals surface area (Å²) < 4.78 is 17.7. The summed E-state index contributed by atoms with van der Waals surface area (Å²) in [5, 5.41) is 14.7. The van der Waals surface area contributed by atoms with Crippen molar-refractivity contribution in [2.24, 2.45) is 0 Å². The second-order valence-corrected chi connectivity index (χ2v) is 9.81. The van der Waals surface area contributed by atoms with E-state index in [1.165, 1.54) is 17.5 Å². The quantitative estimate of drug-likeness (QED) is 0.267. The minimum Gasteiger partial charge on any atom is -0.492 e. The first kappa shape index (κ1) is 26.4. The van der Waals surface area contributed by atoms with Crippen LogP contribution in [-0.4, -0.2) is 66.3 Å². The van der Waals surface area contributed by atoms with E-state index in [2.05, 4.69) is 15.2 Å². The molecular weight excluding hydrogens is 520 g/mol. The van der Waals surface area contributed by atoms with Gasteiger partial charge in [-0.2, -0.15) is 0 Å². The Bertz CT molecular complexity index is 1480. The monoisotopic (exact) mass is 548 g/mol. The third-order valence-electron chi connectivity index (χ3n) is 6.29. The van der Waals surface area contributed by atoms with Crippen molar-refractivity contribution in [3.63, 3.8) is 0 Å². The van der Waals surface area contributed by atoms with Gasteiger partial charge in [0.15, 0.2) is 0 Å². The molecule has 3 heterocycles. The summed E-state index contributed by atoms with van der Waals surface area (Å²) in [6.07, 6.45) is 1.26. The fraction of sp³-hybridized carbons (Fsp3) is 0.250. The highest BCUT2D eigenvalue weighted by molar-refractivity contribution is 7.17. The maximum atomic E-state index is 12.9. The van der Waals surface area contributed by atoms with Gasteiger partial charge in [-0.25, -0.2) is 9.78 Å². The Kier molecular flexibility index (Phi) is 8.21. The molecule has 1 saturated heterocycles. The Labute approximate surface area is 228 Å². The van der Waals surface area contributed by atoms with Crippen LogP contribution in [0.15, 0.2) is 60.1 Å². The van der Waals surface area contributed by atoms with E-state index in [0.29, 0.717) is 39.4 Å². The number of carbonyl (C=O) groups is 2. The molecule has 11 heteroatoms. The molecule has 0 aliphatic carbocycles. The van der Waals surface area contributed by atoms with Crippen LogP contribution < -0.4 is 20.5 Å². The van der Waals surface area contributed by atoms with Crippen LogP contribution in [-0.2, 0) is 11.3 Å². The number of benzene rings is 2. The van der Waals surface area contributed by atoms with Crippen LogP contribution in [0.25, 0.3) is 10.1 Å². The first-order chi connectivity index (χ1) is 19.0. The van der Waals surface area contributed by atoms with Gasteiger partial charge in [0.25, 0.3) is 5.91 Å². The number of carboxylic acid groups (broad SMARTS) is 1. The number of pyridine rings is 1. The van der Waals surface area contributed by atoms with E-state index >= 15 is 0 Å². The minimum absolute atomic E-state index is 0.103. The molecule has 0 bridgehead atoms. The molecule has 2 aromatic carbocycles. The molecule has 1 fully saturated rings. The molecule has 10 nitrogen and oxygen atoms in total. The zero-order valence-electron chi connectivity index (χ0n) is 21.1. The van der Waals surface area contributed by atoms with E-state index in [0.717, 1.165) is 38.4 Å². The Morgan fingerprint density at radius 2 is 1.87 bits per heavy atom. The number of morpholine rings is 1. The summed E-state index contributed by atoms with van der Waals surface area (Å²) >= 11 is 1.28. The summed E-state index contributed by atoms with van der Waals surface area (Å²) in [7, 11) is 0. The Morgan fingerprint density at radius 1 is 1.10 bits per heavy atom. The zero-order chi connectivity index (χ0) is 27.2. The molecule has 0 spiro atoms. The number of nitrogens with two attached hydrogens (primary N) is 1. The van der Waals surface area contributed by atoms with Gasteiger partial charge in [-0.15, -0.1) is 11.3 Å². The Morgan fingerprint density at radius 3 is 2.67 bits per heavy atom. The van der Waals surface area contributed by atoms with Crippen molar-refractivity contribution in [3.05, 3.63) is 76.8 Å². The highest BCUT2D eigenvalue weighted by Gasteiger charge is 2.17. The first-order valence-electron chi connectivity index (χ1n) is 12.4. The van der Waals surface area contributed by atoms with Crippen LogP contribution in [0.1, 0.15) is 26.3 Å². The van der Waals surface area contributed by atoms with Gasteiger partial charge in [0.1, 0.15) is 30.5 Å². The number of carboxylic acids is 1. The van der Waals surface area contributed by atoms with Crippen molar-refractivity contribution in [2.45, 2.75) is 6.61 Å². The number of aromatic carboxylic acids is 1. The molecule has 1 amide bonds. The van der Waals surface area contributed by atoms with E-state index in [1.54, 1.807) is 42.5 Å². The smallest absolute Gasteiger partial charge is 0.338 e. The van der Waals surface area contributed by atoms with Crippen LogP contribution >= 0.6 is 11.3 Å². The lowest BCUT2D eigenvalue weighted by Gasteiger charge is -2.26. The maximum Gasteiger partial charge on any atom is 0.338 e. The van der Waals surface area contributed by atoms with E-state index in [1.807, 2.05) is 11.4 Å². The average molecular weight is 549 g/mol. The van der Waals surface area contributed by atoms with E-state index in [4.69, 9.17) is 19.9 Å². The van der Waals surface area contributed by atoms with Gasteiger partial charge < -0.3 is 30.4 Å². The molecule has 39 heavy (non-hydrogen) atoms. The molecular formula is C28H28N4O6S. The summed E-state index contributed by atoms with van der Waals surface area (Å²) in [4.78, 5) is 30.7. The minimum atomic E-state index is -1.06. The molecule has 1 aliphatic rings. The summed E-state index contributed by atoms with van der Waals surface area (Å²) in [6, 6.07) is 14.1. The van der Waals surface area contributed by atoms with Crippen LogP contribution in [0.2, 0.25) is 0 Å². The maximum absolute atomic E-state index is 12.9. The van der Waals surface area contributed by atoms with Crippen molar-refractivity contribution in [1.82, 2.24) is 9.88 Å². The Balaban J connectivity index is 1.19. The number of thiophene rings is 1. The number of anilines is 2. The highest BCUT2D eigenvalue weighted by atomic mass is 32.1. The number of fused-ring (bicyclic) bond motifs is 1. The number of hydrogen-bond donors (Lipinski definition) is 3. The van der Waals surface area contributed by atoms with Crippen molar-refractivity contribution < 1.29 is 28.9 Å². The summed E-state index contributed by atoms with van der Waals surface area (Å²) in [6.45, 7) is 4.78. The third kappa shape index (κ3) is 6.45. The van der Waals surface area contributed by atoms with Gasteiger partial charge in [0.05, 0.1) is 23.5 Å². The largest absolute Gasteiger partial charge is 0.492 e. The zero-order valence-corrected chi connectivity index (χ0v) is 21.9. The summed E-state index contributed by atoms with van der Waals surface area (Å²) in [5.41, 5.74) is 7.92. The fourth-order valence-electron chi connectivity index (χ4n) is 4.26. The molecule has 2 aromatic heterocycles. The lowest BCUT2D eigenvalue weighted by atomic mass is 10.1. The Hall–Kier alpha value is -4.19. The lowest BCUT2D eigenvalue weighted by molar-refractivity contribution is 0.0322. The predicted molar refractivity (Wildman–Crippen MR) is 149 cm³/mol. The lowest BCUT2D eigenvalue weighted by Crippen LogP contribution is -2.38. The standard InChI is InChI=1S/C28H28N4O6S/c29-26-24-19(17-39-25(24)23(15-30-26)28(34)35)16-38-22-6-2-4-20(14-22)31-27(33)18-3-1-5-21(13-18)37-12-9-32-7-10-36-11-8-32/h1-6,13-15,17H,7-12,16H2,(H2,29,30)(H,31,33)(H,34,35). The fourth-order valence-corrected chi connectivity index (χ4v) is 5.33. The molecule has 5 rings (SSSR count). The van der Waals surface area contributed by atoms with Crippen molar-refractivity contribution >= 4 is 44.8 Å². The second kappa shape index (κ2) is 12.1. The molecule has 1 aliphatic heterocycles. The van der Waals surface area contributed by atoms with Crippen molar-refractivity contribution in [1.29, 1.82) is 0 Å². The molecule has 202 valence electrons. The SMILES string of the molecule is Nc1ncc(C(=O)O)c2scc(COc3cccc(NC(=O)c4cccc(OCCN5CCOCC5)c4)c3)c12. The molecule has 4 N–H and O–H groups in total. The molecule has 4 aromatic rings. The first-order valence-corrected chi connectivity index (χ1v) is 13.3. The molecule has 0 unspecified atom stereocenters. The molecule has 0 saturated carbocycles. The number of carbonyl (C=O) groups excluding carboxylic acids is 1. The predicted octanol–water partition coefficient (Wildman–Crippen LogP) is 4.12. The number of amides is 1. The van der Waals surface area contributed by atoms with E-state index < -0.39 is 5.97 Å². The van der Waals surface area contributed by atoms with Crippen LogP contribution in [0, 0.1) is 0 Å². The van der Waals surface area contributed by atoms with Crippen LogP contribution in [0.3, 0.4) is 0 Å². The van der Waals surface area contributed by atoms with Gasteiger partial charge in [-0.1, -0.05) is 12.1 Å². The number of hydrogen-bond acceptors (Lipinski definition) is 9. The number of rotatable bonds is 10. The normalized spacial score (nSPS) is 13.7. The van der Waals surface area contributed by atoms with Crippen molar-refractivity contribution in [3.8, 4) is 11.5 Å². The third-order valence-corrected chi connectivity index (χ3v) is 7.36. The van der Waals surface area contributed by atoms with Gasteiger partial charge in [-0.05, 0) is 35.7 Å². The summed E-state index contributed by atoms with van der Waals surface area (Å²) in [5.74, 6) is 0.0947. The number of nitrogen functional groups attached to an aromatic ring is 1. The van der Waals surface area contributed by atoms with Gasteiger partial charge in [0.2, 0.25) is 0 Å². The van der Waals surface area contributed by atoms with Gasteiger partial charge in [-0.3, -0.25) is 9.69 Å². The van der Waals surface area contributed by atoms with Crippen LogP contribution in [0.4, 0.5) is 11.5 Å².